The van der Waals surface area contributed by atoms with E-state index in [9.17, 15) is 0 Å². The van der Waals surface area contributed by atoms with E-state index in [2.05, 4.69) is 17.2 Å². The highest BCUT2D eigenvalue weighted by molar-refractivity contribution is 5.40. The van der Waals surface area contributed by atoms with Gasteiger partial charge < -0.3 is 16.4 Å². The van der Waals surface area contributed by atoms with Crippen LogP contribution in [0.25, 0.3) is 0 Å². The average molecular weight is 207 g/mol. The lowest BCUT2D eigenvalue weighted by Gasteiger charge is -2.16. The van der Waals surface area contributed by atoms with Gasteiger partial charge in [0.15, 0.2) is 0 Å². The first-order chi connectivity index (χ1) is 6.97. The second kappa shape index (κ2) is 3.27. The summed E-state index contributed by atoms with van der Waals surface area (Å²) in [6.45, 7) is 10.8. The molecule has 0 amide bonds. The maximum atomic E-state index is 5.88. The Morgan fingerprint density at radius 2 is 2.13 bits per heavy atom. The Morgan fingerprint density at radius 3 is 2.60 bits per heavy atom. The third-order valence-corrected chi connectivity index (χ3v) is 3.51. The van der Waals surface area contributed by atoms with Crippen LogP contribution in [-0.2, 0) is 0 Å². The maximum Gasteiger partial charge on any atom is 0.0575 e. The first-order valence-electron chi connectivity index (χ1n) is 5.56. The molecular weight excluding hydrogens is 186 g/mol. The van der Waals surface area contributed by atoms with Crippen LogP contribution in [0, 0.1) is 5.92 Å². The molecule has 3 unspecified atom stereocenters. The molecule has 15 heavy (non-hydrogen) atoms. The molecule has 0 heterocycles. The SMILES string of the molecule is C=C(C)NC12CC1C2NCC(N)=C(C)C. The van der Waals surface area contributed by atoms with Gasteiger partial charge in [0.1, 0.15) is 0 Å². The summed E-state index contributed by atoms with van der Waals surface area (Å²) in [5.74, 6) is 0.805. The molecule has 0 aromatic carbocycles. The highest BCUT2D eigenvalue weighted by Crippen LogP contribution is 2.66. The lowest BCUT2D eigenvalue weighted by molar-refractivity contribution is 0.520. The van der Waals surface area contributed by atoms with Crippen molar-refractivity contribution in [2.75, 3.05) is 6.54 Å². The highest BCUT2D eigenvalue weighted by Gasteiger charge is 2.79. The molecule has 2 saturated carbocycles. The molecule has 0 aromatic heterocycles. The van der Waals surface area contributed by atoms with Gasteiger partial charge in [0.2, 0.25) is 0 Å². The van der Waals surface area contributed by atoms with Gasteiger partial charge in [0, 0.05) is 29.9 Å². The van der Waals surface area contributed by atoms with E-state index in [1.807, 2.05) is 20.8 Å². The molecule has 0 bridgehead atoms. The predicted octanol–water partition coefficient (Wildman–Crippen LogP) is 1.09. The Bertz CT molecular complexity index is 328. The molecular formula is C12H21N3. The van der Waals surface area contributed by atoms with Crippen LogP contribution in [0.1, 0.15) is 27.2 Å². The molecule has 0 radical (unpaired) electrons. The second-order valence-corrected chi connectivity index (χ2v) is 5.14. The predicted molar refractivity (Wildman–Crippen MR) is 63.1 cm³/mol. The summed E-state index contributed by atoms with van der Waals surface area (Å²) in [4.78, 5) is 0. The van der Waals surface area contributed by atoms with Crippen molar-refractivity contribution in [3.63, 3.8) is 0 Å². The van der Waals surface area contributed by atoms with E-state index in [0.717, 1.165) is 23.9 Å². The number of hydrogen-bond donors (Lipinski definition) is 3. The number of nitrogens with one attached hydrogen (secondary N) is 2. The Labute approximate surface area is 91.8 Å². The van der Waals surface area contributed by atoms with Crippen molar-refractivity contribution in [2.24, 2.45) is 11.7 Å². The van der Waals surface area contributed by atoms with Gasteiger partial charge in [-0.1, -0.05) is 12.2 Å². The third kappa shape index (κ3) is 1.76. The van der Waals surface area contributed by atoms with Crippen molar-refractivity contribution < 1.29 is 0 Å². The topological polar surface area (TPSA) is 50.1 Å². The molecule has 2 aliphatic carbocycles. The quantitative estimate of drug-likeness (QED) is 0.632. The Morgan fingerprint density at radius 1 is 1.47 bits per heavy atom. The Hall–Kier alpha value is -0.960. The smallest absolute Gasteiger partial charge is 0.0575 e. The number of fused-ring (bicyclic) bond motifs is 1. The van der Waals surface area contributed by atoms with E-state index in [0.29, 0.717) is 11.6 Å². The minimum Gasteiger partial charge on any atom is -0.401 e. The second-order valence-electron chi connectivity index (χ2n) is 5.14. The largest absolute Gasteiger partial charge is 0.401 e. The Balaban J connectivity index is 1.77. The fraction of sp³-hybridized carbons (Fsp3) is 0.667. The van der Waals surface area contributed by atoms with Crippen molar-refractivity contribution in [3.05, 3.63) is 23.5 Å². The van der Waals surface area contributed by atoms with Crippen LogP contribution in [-0.4, -0.2) is 18.1 Å². The molecule has 0 aliphatic heterocycles. The van der Waals surface area contributed by atoms with Gasteiger partial charge in [-0.25, -0.2) is 0 Å². The minimum atomic E-state index is 0.341. The first kappa shape index (κ1) is 10.6. The van der Waals surface area contributed by atoms with E-state index in [4.69, 9.17) is 5.73 Å². The Kier molecular flexibility index (Phi) is 2.30. The molecule has 2 aliphatic rings. The normalized spacial score (nSPS) is 35.4. The zero-order valence-electron chi connectivity index (χ0n) is 9.85. The minimum absolute atomic E-state index is 0.341. The van der Waals surface area contributed by atoms with E-state index in [-0.39, 0.29) is 0 Å². The zero-order valence-corrected chi connectivity index (χ0v) is 9.85. The van der Waals surface area contributed by atoms with Crippen LogP contribution in [0.4, 0.5) is 0 Å². The molecule has 2 rings (SSSR count). The summed E-state index contributed by atoms with van der Waals surface area (Å²) in [5, 5.41) is 6.95. The number of allylic oxidation sites excluding steroid dienone is 2. The lowest BCUT2D eigenvalue weighted by Crippen LogP contribution is -2.38. The molecule has 0 spiro atoms. The maximum absolute atomic E-state index is 5.88. The lowest BCUT2D eigenvalue weighted by atomic mass is 10.2. The standard InChI is InChI=1S/C12H21N3/c1-7(2)10(13)6-14-11-9-5-12(9,11)15-8(3)4/h9,11,14-15H,3,5-6,13H2,1-2,4H3. The third-order valence-electron chi connectivity index (χ3n) is 3.51. The van der Waals surface area contributed by atoms with Crippen LogP contribution >= 0.6 is 0 Å². The van der Waals surface area contributed by atoms with Crippen LogP contribution in [0.3, 0.4) is 0 Å². The van der Waals surface area contributed by atoms with Gasteiger partial charge in [0.05, 0.1) is 5.54 Å². The van der Waals surface area contributed by atoms with E-state index >= 15 is 0 Å². The fourth-order valence-corrected chi connectivity index (χ4v) is 2.25. The van der Waals surface area contributed by atoms with Crippen LogP contribution in [0.5, 0.6) is 0 Å². The zero-order chi connectivity index (χ0) is 11.2. The summed E-state index contributed by atoms with van der Waals surface area (Å²) in [5.41, 5.74) is 9.46. The van der Waals surface area contributed by atoms with Gasteiger partial charge in [-0.15, -0.1) is 0 Å². The van der Waals surface area contributed by atoms with Crippen molar-refractivity contribution >= 4 is 0 Å². The summed E-state index contributed by atoms with van der Waals surface area (Å²) in [6.07, 6.45) is 1.28. The van der Waals surface area contributed by atoms with E-state index in [1.54, 1.807) is 0 Å². The van der Waals surface area contributed by atoms with E-state index in [1.165, 1.54) is 12.0 Å². The summed E-state index contributed by atoms with van der Waals surface area (Å²) in [7, 11) is 0. The van der Waals surface area contributed by atoms with E-state index < -0.39 is 0 Å². The number of rotatable bonds is 5. The van der Waals surface area contributed by atoms with Crippen molar-refractivity contribution in [3.8, 4) is 0 Å². The highest BCUT2D eigenvalue weighted by atomic mass is 15.2. The van der Waals surface area contributed by atoms with Gasteiger partial charge in [-0.3, -0.25) is 0 Å². The molecule has 0 aromatic rings. The van der Waals surface area contributed by atoms with Gasteiger partial charge >= 0.3 is 0 Å². The van der Waals surface area contributed by atoms with Gasteiger partial charge in [0.25, 0.3) is 0 Å². The van der Waals surface area contributed by atoms with Crippen LogP contribution < -0.4 is 16.4 Å². The van der Waals surface area contributed by atoms with Crippen molar-refractivity contribution in [1.82, 2.24) is 10.6 Å². The van der Waals surface area contributed by atoms with Crippen LogP contribution in [0.2, 0.25) is 0 Å². The van der Waals surface area contributed by atoms with Gasteiger partial charge in [-0.2, -0.15) is 0 Å². The molecule has 4 N–H and O–H groups in total. The summed E-state index contributed by atoms with van der Waals surface area (Å²) >= 11 is 0. The number of hydrogen-bond acceptors (Lipinski definition) is 3. The first-order valence-corrected chi connectivity index (χ1v) is 5.56. The molecule has 2 fully saturated rings. The molecule has 3 heteroatoms. The fourth-order valence-electron chi connectivity index (χ4n) is 2.25. The van der Waals surface area contributed by atoms with Gasteiger partial charge in [-0.05, 0) is 27.2 Å². The van der Waals surface area contributed by atoms with Crippen molar-refractivity contribution in [2.45, 2.75) is 38.8 Å². The van der Waals surface area contributed by atoms with Crippen LogP contribution in [0.15, 0.2) is 23.5 Å². The summed E-state index contributed by atoms with van der Waals surface area (Å²) in [6, 6.07) is 0.604. The molecule has 3 atom stereocenters. The number of nitrogens with two attached hydrogens (primary N) is 1. The monoisotopic (exact) mass is 207 g/mol. The van der Waals surface area contributed by atoms with Crippen molar-refractivity contribution in [1.29, 1.82) is 0 Å². The molecule has 3 nitrogen and oxygen atoms in total. The molecule has 84 valence electrons. The molecule has 0 saturated heterocycles. The average Bonchev–Trinajstić information content (AvgIpc) is 2.92. The summed E-state index contributed by atoms with van der Waals surface area (Å²) < 4.78 is 0.